The summed E-state index contributed by atoms with van der Waals surface area (Å²) < 4.78 is 15.8. The molecule has 0 bridgehead atoms. The number of benzene rings is 1. The highest BCUT2D eigenvalue weighted by Gasteiger charge is 2.19. The van der Waals surface area contributed by atoms with Crippen LogP contribution >= 0.6 is 0 Å². The van der Waals surface area contributed by atoms with Gasteiger partial charge >= 0.3 is 0 Å². The molecule has 104 valence electrons. The molecule has 4 nitrogen and oxygen atoms in total. The summed E-state index contributed by atoms with van der Waals surface area (Å²) in [6.07, 6.45) is 0. The van der Waals surface area contributed by atoms with Crippen LogP contribution in [0.15, 0.2) is 28.7 Å². The van der Waals surface area contributed by atoms with E-state index < -0.39 is 11.0 Å². The molecule has 0 aliphatic rings. The zero-order valence-corrected chi connectivity index (χ0v) is 12.8. The van der Waals surface area contributed by atoms with Crippen molar-refractivity contribution in [2.24, 2.45) is 4.40 Å². The van der Waals surface area contributed by atoms with E-state index in [4.69, 9.17) is 0 Å². The number of rotatable bonds is 3. The molecule has 0 aliphatic heterocycles. The quantitative estimate of drug-likeness (QED) is 0.864. The summed E-state index contributed by atoms with van der Waals surface area (Å²) in [5.41, 5.74) is 2.04. The van der Waals surface area contributed by atoms with Gasteiger partial charge in [0.05, 0.1) is 10.5 Å². The summed E-state index contributed by atoms with van der Waals surface area (Å²) in [6.45, 7) is 7.43. The maximum Gasteiger partial charge on any atom is 0.251 e. The third-order valence-electron chi connectivity index (χ3n) is 2.51. The van der Waals surface area contributed by atoms with Crippen molar-refractivity contribution in [2.75, 3.05) is 7.05 Å². The first-order valence-corrected chi connectivity index (χ1v) is 7.16. The molecule has 1 N–H and O–H groups in total. The van der Waals surface area contributed by atoms with Crippen LogP contribution in [0.4, 0.5) is 0 Å². The molecule has 0 saturated heterocycles. The van der Waals surface area contributed by atoms with Gasteiger partial charge in [-0.3, -0.25) is 4.79 Å². The van der Waals surface area contributed by atoms with Gasteiger partial charge in [0.1, 0.15) is 11.0 Å². The normalized spacial score (nSPS) is 14.1. The van der Waals surface area contributed by atoms with Gasteiger partial charge in [-0.2, -0.15) is 4.40 Å². The predicted molar refractivity (Wildman–Crippen MR) is 79.9 cm³/mol. The second kappa shape index (κ2) is 6.10. The van der Waals surface area contributed by atoms with Crippen molar-refractivity contribution in [1.82, 2.24) is 5.32 Å². The molecular formula is C14H20N2O2S. The molecule has 0 unspecified atom stereocenters. The average molecular weight is 280 g/mol. The lowest BCUT2D eigenvalue weighted by Gasteiger charge is -2.14. The molecule has 0 aliphatic carbocycles. The van der Waals surface area contributed by atoms with Gasteiger partial charge < -0.3 is 5.32 Å². The van der Waals surface area contributed by atoms with E-state index in [0.29, 0.717) is 11.3 Å². The van der Waals surface area contributed by atoms with Crippen LogP contribution in [-0.4, -0.2) is 27.6 Å². The maximum absolute atomic E-state index is 12.0. The molecule has 1 aromatic carbocycles. The molecule has 0 radical (unpaired) electrons. The first kappa shape index (κ1) is 15.6. The minimum Gasteiger partial charge on any atom is -0.355 e. The van der Waals surface area contributed by atoms with Crippen LogP contribution < -0.4 is 5.32 Å². The van der Waals surface area contributed by atoms with Gasteiger partial charge in [0.2, 0.25) is 0 Å². The SMILES string of the molecule is CNC(=O)c1cccc(C(C)=N[S@@](=O)C(C)(C)C)c1. The minimum atomic E-state index is -1.30. The molecule has 1 aromatic rings. The monoisotopic (exact) mass is 280 g/mol. The Kier molecular flexibility index (Phi) is 5.00. The van der Waals surface area contributed by atoms with Crippen LogP contribution in [0.1, 0.15) is 43.6 Å². The third kappa shape index (κ3) is 4.28. The molecule has 0 saturated carbocycles. The summed E-state index contributed by atoms with van der Waals surface area (Å²) >= 11 is 0. The van der Waals surface area contributed by atoms with Crippen LogP contribution in [0.5, 0.6) is 0 Å². The van der Waals surface area contributed by atoms with E-state index in [2.05, 4.69) is 9.71 Å². The summed E-state index contributed by atoms with van der Waals surface area (Å²) in [6, 6.07) is 7.12. The summed E-state index contributed by atoms with van der Waals surface area (Å²) in [5.74, 6) is -0.147. The molecule has 5 heteroatoms. The number of carbonyl (C=O) groups excluding carboxylic acids is 1. The van der Waals surface area contributed by atoms with Crippen molar-refractivity contribution in [2.45, 2.75) is 32.4 Å². The van der Waals surface area contributed by atoms with Crippen molar-refractivity contribution in [3.05, 3.63) is 35.4 Å². The molecule has 0 heterocycles. The fourth-order valence-electron chi connectivity index (χ4n) is 1.34. The molecular weight excluding hydrogens is 260 g/mol. The van der Waals surface area contributed by atoms with Gasteiger partial charge in [-0.05, 0) is 45.4 Å². The van der Waals surface area contributed by atoms with Crippen molar-refractivity contribution in [3.63, 3.8) is 0 Å². The average Bonchev–Trinajstić information content (AvgIpc) is 2.36. The van der Waals surface area contributed by atoms with Gasteiger partial charge in [0, 0.05) is 12.6 Å². The Hall–Kier alpha value is -1.49. The highest BCUT2D eigenvalue weighted by atomic mass is 32.2. The van der Waals surface area contributed by atoms with Crippen LogP contribution in [0.2, 0.25) is 0 Å². The van der Waals surface area contributed by atoms with Crippen molar-refractivity contribution in [3.8, 4) is 0 Å². The van der Waals surface area contributed by atoms with Crippen LogP contribution in [-0.2, 0) is 11.0 Å². The van der Waals surface area contributed by atoms with Crippen molar-refractivity contribution >= 4 is 22.6 Å². The van der Waals surface area contributed by atoms with Gasteiger partial charge in [-0.1, -0.05) is 12.1 Å². The van der Waals surface area contributed by atoms with E-state index in [1.807, 2.05) is 26.8 Å². The second-order valence-electron chi connectivity index (χ2n) is 5.20. The van der Waals surface area contributed by atoms with E-state index in [1.54, 1.807) is 32.2 Å². The Morgan fingerprint density at radius 1 is 1.26 bits per heavy atom. The fraction of sp³-hybridized carbons (Fsp3) is 0.429. The number of hydrogen-bond donors (Lipinski definition) is 1. The highest BCUT2D eigenvalue weighted by molar-refractivity contribution is 7.85. The van der Waals surface area contributed by atoms with Gasteiger partial charge in [-0.15, -0.1) is 0 Å². The lowest BCUT2D eigenvalue weighted by molar-refractivity contribution is 0.0963. The van der Waals surface area contributed by atoms with Crippen LogP contribution in [0.25, 0.3) is 0 Å². The smallest absolute Gasteiger partial charge is 0.251 e. The molecule has 1 amide bonds. The Morgan fingerprint density at radius 2 is 1.84 bits per heavy atom. The Bertz CT molecular complexity index is 530. The lowest BCUT2D eigenvalue weighted by Crippen LogP contribution is -2.21. The van der Waals surface area contributed by atoms with Crippen molar-refractivity contribution < 1.29 is 9.00 Å². The molecule has 0 aromatic heterocycles. The molecule has 19 heavy (non-hydrogen) atoms. The summed E-state index contributed by atoms with van der Waals surface area (Å²) in [7, 11) is 0.288. The van der Waals surface area contributed by atoms with E-state index >= 15 is 0 Å². The first-order valence-electron chi connectivity index (χ1n) is 6.05. The summed E-state index contributed by atoms with van der Waals surface area (Å²) in [5, 5.41) is 2.57. The minimum absolute atomic E-state index is 0.147. The van der Waals surface area contributed by atoms with Crippen molar-refractivity contribution in [1.29, 1.82) is 0 Å². The maximum atomic E-state index is 12.0. The largest absolute Gasteiger partial charge is 0.355 e. The Morgan fingerprint density at radius 3 is 2.37 bits per heavy atom. The third-order valence-corrected chi connectivity index (χ3v) is 4.00. The Labute approximate surface area is 116 Å². The Balaban J connectivity index is 3.07. The lowest BCUT2D eigenvalue weighted by atomic mass is 10.1. The molecule has 1 atom stereocenters. The summed E-state index contributed by atoms with van der Waals surface area (Å²) in [4.78, 5) is 11.6. The van der Waals surface area contributed by atoms with Gasteiger partial charge in [0.15, 0.2) is 0 Å². The predicted octanol–water partition coefficient (Wildman–Crippen LogP) is 2.32. The van der Waals surface area contributed by atoms with Gasteiger partial charge in [0.25, 0.3) is 5.91 Å². The van der Waals surface area contributed by atoms with E-state index in [-0.39, 0.29) is 10.7 Å². The van der Waals surface area contributed by atoms with E-state index in [1.165, 1.54) is 0 Å². The number of nitrogens with one attached hydrogen (secondary N) is 1. The topological polar surface area (TPSA) is 58.5 Å². The molecule has 0 spiro atoms. The van der Waals surface area contributed by atoms with Crippen LogP contribution in [0, 0.1) is 0 Å². The number of amides is 1. The number of carbonyl (C=O) groups is 1. The standard InChI is InChI=1S/C14H20N2O2S/c1-10(16-19(18)14(2,3)4)11-7-6-8-12(9-11)13(17)15-5/h6-9H,1-5H3,(H,15,17)/t19-/m0/s1. The fourth-order valence-corrected chi connectivity index (χ4v) is 1.97. The van der Waals surface area contributed by atoms with E-state index in [0.717, 1.165) is 5.56 Å². The zero-order chi connectivity index (χ0) is 14.6. The van der Waals surface area contributed by atoms with Crippen LogP contribution in [0.3, 0.4) is 0 Å². The zero-order valence-electron chi connectivity index (χ0n) is 12.0. The number of nitrogens with zero attached hydrogens (tertiary/aromatic N) is 1. The first-order chi connectivity index (χ1) is 8.75. The van der Waals surface area contributed by atoms with Gasteiger partial charge in [-0.25, -0.2) is 4.21 Å². The number of hydrogen-bond acceptors (Lipinski definition) is 2. The molecule has 1 rings (SSSR count). The highest BCUT2D eigenvalue weighted by Crippen LogP contribution is 2.14. The molecule has 0 fully saturated rings. The van der Waals surface area contributed by atoms with E-state index in [9.17, 15) is 9.00 Å². The second-order valence-corrected chi connectivity index (χ2v) is 7.10.